The van der Waals surface area contributed by atoms with Gasteiger partial charge < -0.3 is 15.8 Å². The van der Waals surface area contributed by atoms with E-state index < -0.39 is 0 Å². The van der Waals surface area contributed by atoms with Gasteiger partial charge in [-0.3, -0.25) is 9.48 Å². The summed E-state index contributed by atoms with van der Waals surface area (Å²) in [5.74, 6) is -0.134. The average molecular weight is 428 g/mol. The van der Waals surface area contributed by atoms with Crippen molar-refractivity contribution in [3.8, 4) is 11.1 Å². The number of nitrogens with two attached hydrogens (primary N) is 1. The lowest BCUT2D eigenvalue weighted by molar-refractivity contribution is 0.0797. The second kappa shape index (κ2) is 9.89. The topological polar surface area (TPSA) is 95.1 Å². The van der Waals surface area contributed by atoms with E-state index in [1.54, 1.807) is 23.1 Å². The van der Waals surface area contributed by atoms with Gasteiger partial charge in [-0.05, 0) is 17.2 Å². The molecule has 2 heterocycles. The van der Waals surface area contributed by atoms with Crippen molar-refractivity contribution >= 4 is 11.7 Å². The molecule has 32 heavy (non-hydrogen) atoms. The molecule has 3 N–H and O–H groups in total. The van der Waals surface area contributed by atoms with E-state index in [0.717, 1.165) is 22.3 Å². The fourth-order valence-electron chi connectivity index (χ4n) is 3.40. The van der Waals surface area contributed by atoms with Crippen LogP contribution in [0.25, 0.3) is 11.1 Å². The monoisotopic (exact) mass is 427 g/mol. The zero-order valence-electron chi connectivity index (χ0n) is 17.8. The van der Waals surface area contributed by atoms with E-state index in [1.807, 2.05) is 73.9 Å². The van der Waals surface area contributed by atoms with Crippen LogP contribution in [0.1, 0.15) is 27.5 Å². The normalized spacial score (nSPS) is 11.8. The molecule has 0 saturated heterocycles. The minimum absolute atomic E-state index is 0.173. The molecule has 0 aliphatic rings. The third-order valence-electron chi connectivity index (χ3n) is 5.10. The second-order valence-corrected chi connectivity index (χ2v) is 7.50. The number of carbonyl (C=O) groups excluding carboxylic acids is 1. The van der Waals surface area contributed by atoms with Gasteiger partial charge in [-0.15, -0.1) is 0 Å². The number of anilines is 1. The van der Waals surface area contributed by atoms with Crippen molar-refractivity contribution in [2.45, 2.75) is 12.6 Å². The predicted molar refractivity (Wildman–Crippen MR) is 124 cm³/mol. The molecule has 1 unspecified atom stereocenters. The van der Waals surface area contributed by atoms with E-state index >= 15 is 0 Å². The Hall–Kier alpha value is -3.97. The number of nitrogens with zero attached hydrogens (tertiary/aromatic N) is 3. The van der Waals surface area contributed by atoms with Gasteiger partial charge in [0.15, 0.2) is 0 Å². The smallest absolute Gasteiger partial charge is 0.255 e. The van der Waals surface area contributed by atoms with Crippen LogP contribution in [0.15, 0.2) is 85.3 Å². The molecule has 7 heteroatoms. The SMILES string of the molecule is Cn1cc(-c2cnc(N)c(C(=O)NC(COCc3ccccc3)c3ccccc3)c2)cn1. The molecular weight excluding hydrogens is 402 g/mol. The van der Waals surface area contributed by atoms with Crippen molar-refractivity contribution in [2.75, 3.05) is 12.3 Å². The highest BCUT2D eigenvalue weighted by molar-refractivity contribution is 5.99. The van der Waals surface area contributed by atoms with Gasteiger partial charge in [0.1, 0.15) is 5.82 Å². The number of benzene rings is 2. The molecule has 0 fully saturated rings. The number of carbonyl (C=O) groups is 1. The van der Waals surface area contributed by atoms with E-state index in [9.17, 15) is 4.79 Å². The summed E-state index contributed by atoms with van der Waals surface area (Å²) in [6, 6.07) is 21.1. The highest BCUT2D eigenvalue weighted by Gasteiger charge is 2.19. The van der Waals surface area contributed by atoms with E-state index in [-0.39, 0.29) is 17.8 Å². The lowest BCUT2D eigenvalue weighted by atomic mass is 10.1. The third kappa shape index (κ3) is 5.19. The van der Waals surface area contributed by atoms with Crippen LogP contribution < -0.4 is 11.1 Å². The summed E-state index contributed by atoms with van der Waals surface area (Å²) in [6.07, 6.45) is 5.22. The first-order chi connectivity index (χ1) is 15.6. The Bertz CT molecular complexity index is 1180. The Labute approximate surface area is 186 Å². The van der Waals surface area contributed by atoms with Crippen LogP contribution in [0.3, 0.4) is 0 Å². The third-order valence-corrected chi connectivity index (χ3v) is 5.10. The van der Waals surface area contributed by atoms with Crippen molar-refractivity contribution in [1.29, 1.82) is 0 Å². The molecule has 0 bridgehead atoms. The van der Waals surface area contributed by atoms with Gasteiger partial charge in [-0.25, -0.2) is 4.98 Å². The Kier molecular flexibility index (Phi) is 6.57. The number of aryl methyl sites for hydroxylation is 1. The number of hydrogen-bond donors (Lipinski definition) is 2. The quantitative estimate of drug-likeness (QED) is 0.447. The standard InChI is InChI=1S/C25H25N5O2/c1-30-15-21(14-28-30)20-12-22(24(26)27-13-20)25(31)29-23(19-10-6-3-7-11-19)17-32-16-18-8-4-2-5-9-18/h2-15,23H,16-17H2,1H3,(H2,26,27)(H,29,31). The first kappa shape index (κ1) is 21.3. The average Bonchev–Trinajstić information content (AvgIpc) is 3.26. The fraction of sp³-hybridized carbons (Fsp3) is 0.160. The zero-order chi connectivity index (χ0) is 22.3. The fourth-order valence-corrected chi connectivity index (χ4v) is 3.40. The highest BCUT2D eigenvalue weighted by Crippen LogP contribution is 2.22. The maximum Gasteiger partial charge on any atom is 0.255 e. The minimum Gasteiger partial charge on any atom is -0.383 e. The molecule has 0 aliphatic heterocycles. The maximum absolute atomic E-state index is 13.2. The molecule has 0 radical (unpaired) electrons. The highest BCUT2D eigenvalue weighted by atomic mass is 16.5. The molecule has 0 aliphatic carbocycles. The number of amides is 1. The lowest BCUT2D eigenvalue weighted by Crippen LogP contribution is -2.32. The summed E-state index contributed by atoms with van der Waals surface area (Å²) in [5.41, 5.74) is 10.0. The minimum atomic E-state index is -0.339. The molecule has 1 amide bonds. The number of ether oxygens (including phenoxy) is 1. The second-order valence-electron chi connectivity index (χ2n) is 7.50. The predicted octanol–water partition coefficient (Wildman–Crippen LogP) is 3.75. The molecule has 2 aromatic heterocycles. The van der Waals surface area contributed by atoms with Gasteiger partial charge in [0.2, 0.25) is 0 Å². The molecule has 0 saturated carbocycles. The van der Waals surface area contributed by atoms with Crippen LogP contribution in [0.2, 0.25) is 0 Å². The van der Waals surface area contributed by atoms with Crippen molar-refractivity contribution in [1.82, 2.24) is 20.1 Å². The molecule has 2 aromatic carbocycles. The van der Waals surface area contributed by atoms with Crippen LogP contribution in [-0.4, -0.2) is 27.3 Å². The van der Waals surface area contributed by atoms with E-state index in [2.05, 4.69) is 15.4 Å². The number of aromatic nitrogens is 3. The lowest BCUT2D eigenvalue weighted by Gasteiger charge is -2.20. The van der Waals surface area contributed by atoms with Gasteiger partial charge >= 0.3 is 0 Å². The Morgan fingerprint density at radius 2 is 1.78 bits per heavy atom. The molecule has 0 spiro atoms. The molecule has 7 nitrogen and oxygen atoms in total. The summed E-state index contributed by atoms with van der Waals surface area (Å²) in [7, 11) is 1.84. The molecule has 4 aromatic rings. The first-order valence-corrected chi connectivity index (χ1v) is 10.3. The zero-order valence-corrected chi connectivity index (χ0v) is 17.8. The van der Waals surface area contributed by atoms with Crippen LogP contribution >= 0.6 is 0 Å². The maximum atomic E-state index is 13.2. The number of nitrogens with one attached hydrogen (secondary N) is 1. The summed E-state index contributed by atoms with van der Waals surface area (Å²) >= 11 is 0. The molecular formula is C25H25N5O2. The van der Waals surface area contributed by atoms with Crippen LogP contribution in [-0.2, 0) is 18.4 Å². The van der Waals surface area contributed by atoms with Gasteiger partial charge in [-0.1, -0.05) is 60.7 Å². The largest absolute Gasteiger partial charge is 0.383 e. The van der Waals surface area contributed by atoms with Gasteiger partial charge in [0, 0.05) is 30.6 Å². The summed E-state index contributed by atoms with van der Waals surface area (Å²) < 4.78 is 7.62. The number of nitrogen functional groups attached to an aromatic ring is 1. The van der Waals surface area contributed by atoms with Gasteiger partial charge in [0.05, 0.1) is 31.0 Å². The van der Waals surface area contributed by atoms with Crippen LogP contribution in [0.5, 0.6) is 0 Å². The number of pyridine rings is 1. The van der Waals surface area contributed by atoms with Crippen molar-refractivity contribution in [3.05, 3.63) is 102 Å². The van der Waals surface area contributed by atoms with Crippen molar-refractivity contribution < 1.29 is 9.53 Å². The van der Waals surface area contributed by atoms with Crippen LogP contribution in [0, 0.1) is 0 Å². The Morgan fingerprint density at radius 3 is 2.47 bits per heavy atom. The van der Waals surface area contributed by atoms with Gasteiger partial charge in [-0.2, -0.15) is 5.10 Å². The summed E-state index contributed by atoms with van der Waals surface area (Å²) in [6.45, 7) is 0.778. The van der Waals surface area contributed by atoms with Crippen LogP contribution in [0.4, 0.5) is 5.82 Å². The Morgan fingerprint density at radius 1 is 1.06 bits per heavy atom. The van der Waals surface area contributed by atoms with E-state index in [1.165, 1.54) is 0 Å². The molecule has 4 rings (SSSR count). The molecule has 162 valence electrons. The molecule has 1 atom stereocenters. The number of hydrogen-bond acceptors (Lipinski definition) is 5. The summed E-state index contributed by atoms with van der Waals surface area (Å²) in [4.78, 5) is 17.4. The van der Waals surface area contributed by atoms with Crippen molar-refractivity contribution in [2.24, 2.45) is 7.05 Å². The van der Waals surface area contributed by atoms with E-state index in [0.29, 0.717) is 18.8 Å². The van der Waals surface area contributed by atoms with Gasteiger partial charge in [0.25, 0.3) is 5.91 Å². The van der Waals surface area contributed by atoms with E-state index in [4.69, 9.17) is 10.5 Å². The van der Waals surface area contributed by atoms with Crippen molar-refractivity contribution in [3.63, 3.8) is 0 Å². The Balaban J connectivity index is 1.52. The summed E-state index contributed by atoms with van der Waals surface area (Å²) in [5, 5.41) is 7.23. The first-order valence-electron chi connectivity index (χ1n) is 10.3. The number of rotatable bonds is 8.